The van der Waals surface area contributed by atoms with E-state index in [2.05, 4.69) is 0 Å². The first-order chi connectivity index (χ1) is 5.24. The van der Waals surface area contributed by atoms with Crippen LogP contribution in [0.3, 0.4) is 0 Å². The molecule has 0 aliphatic heterocycles. The second-order valence-electron chi connectivity index (χ2n) is 2.17. The molecule has 0 spiro atoms. The molecule has 0 fully saturated rings. The maximum Gasteiger partial charge on any atom is 0.123 e. The minimum Gasteiger partial charge on any atom is -0.207 e. The maximum atomic E-state index is 12.6. The minimum absolute atomic E-state index is 0.262. The van der Waals surface area contributed by atoms with Crippen LogP contribution in [0.4, 0.5) is 4.39 Å². The number of halogens is 2. The molecule has 0 aliphatic carbocycles. The van der Waals surface area contributed by atoms with Crippen LogP contribution in [-0.2, 0) is 0 Å². The molecular weight excluding hydrogens is 163 g/mol. The SMILES string of the molecule is CC=Cc1cc(F)ccc1Cl. The summed E-state index contributed by atoms with van der Waals surface area (Å²) in [6, 6.07) is 4.30. The molecule has 0 aliphatic rings. The minimum atomic E-state index is -0.262. The topological polar surface area (TPSA) is 0 Å². The highest BCUT2D eigenvalue weighted by molar-refractivity contribution is 6.32. The summed E-state index contributed by atoms with van der Waals surface area (Å²) in [6.45, 7) is 1.86. The van der Waals surface area contributed by atoms with E-state index < -0.39 is 0 Å². The van der Waals surface area contributed by atoms with Gasteiger partial charge in [0.15, 0.2) is 0 Å². The monoisotopic (exact) mass is 170 g/mol. The second-order valence-corrected chi connectivity index (χ2v) is 2.57. The highest BCUT2D eigenvalue weighted by Gasteiger charge is 1.96. The lowest BCUT2D eigenvalue weighted by molar-refractivity contribution is 0.627. The van der Waals surface area contributed by atoms with Crippen molar-refractivity contribution in [2.45, 2.75) is 6.92 Å². The van der Waals surface area contributed by atoms with Gasteiger partial charge in [-0.1, -0.05) is 23.8 Å². The fourth-order valence-electron chi connectivity index (χ4n) is 0.822. The fourth-order valence-corrected chi connectivity index (χ4v) is 1.00. The van der Waals surface area contributed by atoms with E-state index >= 15 is 0 Å². The third-order valence-electron chi connectivity index (χ3n) is 1.30. The lowest BCUT2D eigenvalue weighted by atomic mass is 10.2. The van der Waals surface area contributed by atoms with Crippen molar-refractivity contribution in [1.29, 1.82) is 0 Å². The summed E-state index contributed by atoms with van der Waals surface area (Å²) < 4.78 is 12.6. The standard InChI is InChI=1S/C9H8ClF/c1-2-3-7-6-8(11)4-5-9(7)10/h2-6H,1H3. The van der Waals surface area contributed by atoms with Crippen molar-refractivity contribution in [2.75, 3.05) is 0 Å². The summed E-state index contributed by atoms with van der Waals surface area (Å²) >= 11 is 5.76. The Morgan fingerprint density at radius 2 is 2.18 bits per heavy atom. The van der Waals surface area contributed by atoms with Gasteiger partial charge >= 0.3 is 0 Å². The first-order valence-electron chi connectivity index (χ1n) is 3.32. The van der Waals surface area contributed by atoms with Crippen molar-refractivity contribution < 1.29 is 4.39 Å². The van der Waals surface area contributed by atoms with Crippen molar-refractivity contribution in [3.8, 4) is 0 Å². The molecule has 0 bridgehead atoms. The fraction of sp³-hybridized carbons (Fsp3) is 0.111. The molecule has 0 unspecified atom stereocenters. The molecule has 0 saturated carbocycles. The zero-order valence-corrected chi connectivity index (χ0v) is 6.90. The van der Waals surface area contributed by atoms with E-state index in [0.29, 0.717) is 10.6 Å². The van der Waals surface area contributed by atoms with Crippen LogP contribution in [0.1, 0.15) is 12.5 Å². The van der Waals surface area contributed by atoms with Gasteiger partial charge in [-0.05, 0) is 30.7 Å². The molecule has 11 heavy (non-hydrogen) atoms. The number of rotatable bonds is 1. The van der Waals surface area contributed by atoms with Gasteiger partial charge in [0.1, 0.15) is 5.82 Å². The molecule has 0 saturated heterocycles. The third-order valence-corrected chi connectivity index (χ3v) is 1.65. The highest BCUT2D eigenvalue weighted by atomic mass is 35.5. The molecule has 1 aromatic rings. The van der Waals surface area contributed by atoms with Gasteiger partial charge in [0, 0.05) is 5.02 Å². The van der Waals surface area contributed by atoms with Crippen LogP contribution in [0.2, 0.25) is 5.02 Å². The van der Waals surface area contributed by atoms with Gasteiger partial charge in [-0.15, -0.1) is 0 Å². The Morgan fingerprint density at radius 3 is 2.82 bits per heavy atom. The molecule has 0 amide bonds. The normalized spacial score (nSPS) is 10.8. The van der Waals surface area contributed by atoms with E-state index in [9.17, 15) is 4.39 Å². The predicted octanol–water partition coefficient (Wildman–Crippen LogP) is 3.51. The smallest absolute Gasteiger partial charge is 0.123 e. The summed E-state index contributed by atoms with van der Waals surface area (Å²) in [6.07, 6.45) is 3.59. The predicted molar refractivity (Wildman–Crippen MR) is 46.1 cm³/mol. The Morgan fingerprint density at radius 1 is 1.45 bits per heavy atom. The zero-order valence-electron chi connectivity index (χ0n) is 6.14. The molecule has 0 heterocycles. The molecular formula is C9H8ClF. The van der Waals surface area contributed by atoms with Crippen LogP contribution in [-0.4, -0.2) is 0 Å². The average molecular weight is 171 g/mol. The lowest BCUT2D eigenvalue weighted by Gasteiger charge is -1.96. The van der Waals surface area contributed by atoms with E-state index in [0.717, 1.165) is 0 Å². The summed E-state index contributed by atoms with van der Waals surface area (Å²) in [4.78, 5) is 0. The van der Waals surface area contributed by atoms with Crippen LogP contribution in [0, 0.1) is 5.82 Å². The van der Waals surface area contributed by atoms with Gasteiger partial charge in [-0.2, -0.15) is 0 Å². The largest absolute Gasteiger partial charge is 0.207 e. The van der Waals surface area contributed by atoms with Gasteiger partial charge in [0.05, 0.1) is 0 Å². The van der Waals surface area contributed by atoms with Crippen LogP contribution in [0.5, 0.6) is 0 Å². The van der Waals surface area contributed by atoms with Crippen molar-refractivity contribution >= 4 is 17.7 Å². The Balaban J connectivity index is 3.12. The van der Waals surface area contributed by atoms with Crippen LogP contribution in [0.25, 0.3) is 6.08 Å². The molecule has 0 nitrogen and oxygen atoms in total. The number of hydrogen-bond donors (Lipinski definition) is 0. The summed E-state index contributed by atoms with van der Waals surface area (Å²) in [7, 11) is 0. The number of allylic oxidation sites excluding steroid dienone is 1. The van der Waals surface area contributed by atoms with E-state index in [4.69, 9.17) is 11.6 Å². The zero-order chi connectivity index (χ0) is 8.27. The Kier molecular flexibility index (Phi) is 2.66. The third kappa shape index (κ3) is 2.05. The maximum absolute atomic E-state index is 12.6. The molecule has 0 aromatic heterocycles. The van der Waals surface area contributed by atoms with Gasteiger partial charge in [0.25, 0.3) is 0 Å². The van der Waals surface area contributed by atoms with E-state index in [1.54, 1.807) is 12.1 Å². The van der Waals surface area contributed by atoms with Gasteiger partial charge < -0.3 is 0 Å². The molecule has 1 rings (SSSR count). The van der Waals surface area contributed by atoms with E-state index in [-0.39, 0.29) is 5.82 Å². The van der Waals surface area contributed by atoms with Crippen molar-refractivity contribution in [1.82, 2.24) is 0 Å². The highest BCUT2D eigenvalue weighted by Crippen LogP contribution is 2.17. The molecule has 0 atom stereocenters. The summed E-state index contributed by atoms with van der Waals surface area (Å²) in [5.41, 5.74) is 0.717. The average Bonchev–Trinajstić information content (AvgIpc) is 1.98. The Hall–Kier alpha value is -0.820. The lowest BCUT2D eigenvalue weighted by Crippen LogP contribution is -1.77. The molecule has 58 valence electrons. The van der Waals surface area contributed by atoms with E-state index in [1.165, 1.54) is 12.1 Å². The first kappa shape index (κ1) is 8.28. The van der Waals surface area contributed by atoms with Crippen LogP contribution < -0.4 is 0 Å². The van der Waals surface area contributed by atoms with E-state index in [1.807, 2.05) is 13.0 Å². The van der Waals surface area contributed by atoms with Crippen molar-refractivity contribution in [3.05, 3.63) is 40.7 Å². The molecule has 0 N–H and O–H groups in total. The van der Waals surface area contributed by atoms with Crippen molar-refractivity contribution in [3.63, 3.8) is 0 Å². The number of benzene rings is 1. The van der Waals surface area contributed by atoms with Gasteiger partial charge in [-0.3, -0.25) is 0 Å². The van der Waals surface area contributed by atoms with Gasteiger partial charge in [0.2, 0.25) is 0 Å². The Bertz CT molecular complexity index is 279. The molecule has 1 aromatic carbocycles. The van der Waals surface area contributed by atoms with Gasteiger partial charge in [-0.25, -0.2) is 4.39 Å². The first-order valence-corrected chi connectivity index (χ1v) is 3.69. The quantitative estimate of drug-likeness (QED) is 0.605. The van der Waals surface area contributed by atoms with Crippen LogP contribution >= 0.6 is 11.6 Å². The summed E-state index contributed by atoms with van der Waals surface area (Å²) in [5.74, 6) is -0.262. The molecule has 0 radical (unpaired) electrons. The van der Waals surface area contributed by atoms with Crippen molar-refractivity contribution in [2.24, 2.45) is 0 Å². The summed E-state index contributed by atoms with van der Waals surface area (Å²) in [5, 5.41) is 0.574. The van der Waals surface area contributed by atoms with Crippen LogP contribution in [0.15, 0.2) is 24.3 Å². The second kappa shape index (κ2) is 3.54. The number of hydrogen-bond acceptors (Lipinski definition) is 0. The molecule has 2 heteroatoms. The Labute approximate surface area is 70.3 Å².